The molecule has 0 aromatic carbocycles. The van der Waals surface area contributed by atoms with Crippen LogP contribution in [0, 0.1) is 0 Å². The predicted octanol–water partition coefficient (Wildman–Crippen LogP) is -3.45. The van der Waals surface area contributed by atoms with E-state index in [2.05, 4.69) is 0 Å². The smallest absolute Gasteiger partial charge is 0.824 e. The summed E-state index contributed by atoms with van der Waals surface area (Å²) in [6.07, 6.45) is -0.572. The third kappa shape index (κ3) is 8.35. The second kappa shape index (κ2) is 8.64. The molecule has 0 amide bonds. The normalized spacial score (nSPS) is 9.13. The molecule has 0 radical (unpaired) electrons. The van der Waals surface area contributed by atoms with Crippen molar-refractivity contribution in [3.63, 3.8) is 0 Å². The van der Waals surface area contributed by atoms with Gasteiger partial charge in [-0.25, -0.2) is 14.0 Å². The van der Waals surface area contributed by atoms with Crippen molar-refractivity contribution in [2.24, 2.45) is 0 Å². The third-order valence-corrected chi connectivity index (χ3v) is 1.17. The zero-order valence-corrected chi connectivity index (χ0v) is 8.04. The van der Waals surface area contributed by atoms with E-state index in [0.29, 0.717) is 0 Å². The van der Waals surface area contributed by atoms with Crippen molar-refractivity contribution < 1.29 is 56.7 Å². The van der Waals surface area contributed by atoms with Gasteiger partial charge < -0.3 is 23.9 Å². The third-order valence-electron chi connectivity index (χ3n) is 1.17. The summed E-state index contributed by atoms with van der Waals surface area (Å²) in [6, 6.07) is 0. The summed E-state index contributed by atoms with van der Waals surface area (Å²) in [5.41, 5.74) is -3.12. The van der Waals surface area contributed by atoms with Gasteiger partial charge in [-0.2, -0.15) is 0 Å². The Morgan fingerprint density at radius 1 is 1.33 bits per heavy atom. The van der Waals surface area contributed by atoms with Crippen LogP contribution in [0.3, 0.4) is 0 Å². The Morgan fingerprint density at radius 2 is 1.53 bits per heavy atom. The van der Waals surface area contributed by atoms with Gasteiger partial charge >= 0.3 is 43.9 Å². The molecular formula is C5H7BF3LiO5. The number of alkyl halides is 1. The van der Waals surface area contributed by atoms with E-state index >= 15 is 0 Å². The van der Waals surface area contributed by atoms with E-state index in [-0.39, 0.29) is 18.9 Å². The molecule has 5 nitrogen and oxygen atoms in total. The number of hydrogen-bond acceptors (Lipinski definition) is 3. The van der Waals surface area contributed by atoms with Crippen LogP contribution in [0.2, 0.25) is 0 Å². The van der Waals surface area contributed by atoms with Gasteiger partial charge in [0.25, 0.3) is 0 Å². The minimum Gasteiger partial charge on any atom is -0.824 e. The Labute approximate surface area is 95.7 Å². The molecule has 0 heterocycles. The summed E-state index contributed by atoms with van der Waals surface area (Å²) < 4.78 is 32.1. The van der Waals surface area contributed by atoms with Crippen molar-refractivity contribution in [1.29, 1.82) is 0 Å². The van der Waals surface area contributed by atoms with E-state index in [1.165, 1.54) is 0 Å². The Morgan fingerprint density at radius 3 is 1.53 bits per heavy atom. The van der Waals surface area contributed by atoms with Crippen LogP contribution >= 0.6 is 0 Å². The van der Waals surface area contributed by atoms with Gasteiger partial charge in [-0.05, 0) is 0 Å². The molecule has 0 aliphatic rings. The van der Waals surface area contributed by atoms with Crippen LogP contribution in [-0.2, 0) is 9.59 Å². The molecule has 0 aromatic heterocycles. The Bertz CT molecular complexity index is 198. The zero-order valence-electron chi connectivity index (χ0n) is 8.04. The number of carbonyl (C=O) groups is 2. The van der Waals surface area contributed by atoms with E-state index in [9.17, 15) is 22.6 Å². The first-order chi connectivity index (χ1) is 6.18. The molecular weight excluding hydrogens is 215 g/mol. The maximum absolute atomic E-state index is 12.6. The number of hydrogen-bond donors (Lipinski definition) is 2. The topological polar surface area (TPSA) is 97.7 Å². The zero-order chi connectivity index (χ0) is 11.9. The first-order valence-electron chi connectivity index (χ1n) is 3.28. The van der Waals surface area contributed by atoms with Gasteiger partial charge in [0.05, 0.1) is 0 Å². The van der Waals surface area contributed by atoms with Crippen molar-refractivity contribution in [1.82, 2.24) is 0 Å². The maximum Gasteiger partial charge on any atom is 1.00 e. The van der Waals surface area contributed by atoms with Crippen LogP contribution in [0.25, 0.3) is 0 Å². The number of rotatable bonds is 3. The fraction of sp³-hybridized carbons (Fsp3) is 0.600. The first-order valence-corrected chi connectivity index (χ1v) is 3.28. The van der Waals surface area contributed by atoms with E-state index in [1.54, 1.807) is 0 Å². The summed E-state index contributed by atoms with van der Waals surface area (Å²) >= 11 is 0. The minimum atomic E-state index is -3.42. The maximum atomic E-state index is 12.6. The molecule has 0 bridgehead atoms. The minimum absolute atomic E-state index is 0. The second-order valence-electron chi connectivity index (χ2n) is 2.03. The molecule has 15 heavy (non-hydrogen) atoms. The molecule has 0 aromatic rings. The summed E-state index contributed by atoms with van der Waals surface area (Å²) in [4.78, 5) is 19.9. The SMILES string of the molecule is CCC(F)(C(=O)O)C(=O)O.[Li+].[O-]B(F)F. The number of carboxylic acids is 2. The van der Waals surface area contributed by atoms with Crippen molar-refractivity contribution in [2.75, 3.05) is 0 Å². The Hall–Kier alpha value is -0.648. The van der Waals surface area contributed by atoms with Gasteiger partial charge in [0, 0.05) is 6.42 Å². The summed E-state index contributed by atoms with van der Waals surface area (Å²) in [7, 11) is -3.42. The van der Waals surface area contributed by atoms with Crippen LogP contribution in [0.5, 0.6) is 0 Å². The molecule has 0 aliphatic carbocycles. The fourth-order valence-electron chi connectivity index (χ4n) is 0.394. The molecule has 0 saturated heterocycles. The van der Waals surface area contributed by atoms with Crippen LogP contribution in [0.1, 0.15) is 13.3 Å². The van der Waals surface area contributed by atoms with Gasteiger partial charge in [-0.1, -0.05) is 6.92 Å². The monoisotopic (exact) mass is 222 g/mol. The van der Waals surface area contributed by atoms with E-state index < -0.39 is 31.5 Å². The number of aliphatic carboxylic acids is 2. The molecule has 0 fully saturated rings. The number of carboxylic acid groups (broad SMARTS) is 2. The molecule has 0 aliphatic heterocycles. The van der Waals surface area contributed by atoms with E-state index in [0.717, 1.165) is 6.92 Å². The molecule has 0 atom stereocenters. The second-order valence-corrected chi connectivity index (χ2v) is 2.03. The molecule has 2 N–H and O–H groups in total. The van der Waals surface area contributed by atoms with Crippen molar-refractivity contribution in [2.45, 2.75) is 19.0 Å². The van der Waals surface area contributed by atoms with Crippen molar-refractivity contribution in [3.05, 3.63) is 0 Å². The predicted molar refractivity (Wildman–Crippen MR) is 37.4 cm³/mol. The Kier molecular flexibility index (Phi) is 11.4. The van der Waals surface area contributed by atoms with Gasteiger partial charge in [-0.15, -0.1) is 0 Å². The van der Waals surface area contributed by atoms with Crippen molar-refractivity contribution in [3.8, 4) is 0 Å². The average Bonchev–Trinajstić information content (AvgIpc) is 2.01. The molecule has 0 rings (SSSR count). The molecule has 0 unspecified atom stereocenters. The van der Waals surface area contributed by atoms with Crippen LogP contribution in [0.15, 0.2) is 0 Å². The summed E-state index contributed by atoms with van der Waals surface area (Å²) in [6.45, 7) is 1.15. The number of halogens is 3. The van der Waals surface area contributed by atoms with Crippen molar-refractivity contribution >= 4 is 19.4 Å². The summed E-state index contributed by atoms with van der Waals surface area (Å²) in [5.74, 6) is -3.91. The quantitative estimate of drug-likeness (QED) is 0.382. The van der Waals surface area contributed by atoms with Gasteiger partial charge in [0.15, 0.2) is 0 Å². The molecule has 82 valence electrons. The average molecular weight is 222 g/mol. The first kappa shape index (κ1) is 19.9. The molecule has 10 heteroatoms. The molecule has 0 saturated carbocycles. The van der Waals surface area contributed by atoms with Gasteiger partial charge in [0.1, 0.15) is 0 Å². The van der Waals surface area contributed by atoms with Crippen LogP contribution in [-0.4, -0.2) is 35.3 Å². The molecule has 0 spiro atoms. The summed E-state index contributed by atoms with van der Waals surface area (Å²) in [5, 5.41) is 24.3. The standard InChI is InChI=1S/C5H7FO4.BF2O.Li/c1-2-5(6,3(7)8)4(9)10;2-1(3)4;/h2H2,1H3,(H,7,8)(H,9,10);;/q;-1;+1. The van der Waals surface area contributed by atoms with Crippen LogP contribution < -0.4 is 23.9 Å². The van der Waals surface area contributed by atoms with Crippen LogP contribution in [0.4, 0.5) is 13.0 Å². The largest absolute Gasteiger partial charge is 1.00 e. The Balaban J connectivity index is -0.000000249. The van der Waals surface area contributed by atoms with Gasteiger partial charge in [-0.3, -0.25) is 0 Å². The fourth-order valence-corrected chi connectivity index (χ4v) is 0.394. The van der Waals surface area contributed by atoms with E-state index in [1.807, 2.05) is 0 Å². The van der Waals surface area contributed by atoms with E-state index in [4.69, 9.17) is 15.2 Å². The van der Waals surface area contributed by atoms with Gasteiger partial charge in [0.2, 0.25) is 0 Å².